The summed E-state index contributed by atoms with van der Waals surface area (Å²) in [6.45, 7) is 0.423. The molecule has 0 bridgehead atoms. The first kappa shape index (κ1) is 14.9. The number of nitriles is 1. The zero-order valence-corrected chi connectivity index (χ0v) is 11.5. The quantitative estimate of drug-likeness (QED) is 0.855. The third kappa shape index (κ3) is 4.01. The number of rotatable bonds is 6. The van der Waals surface area contributed by atoms with Crippen LogP contribution in [-0.2, 0) is 6.42 Å². The number of hydrogen-bond donors (Lipinski definition) is 2. The molecule has 108 valence electrons. The van der Waals surface area contributed by atoms with Gasteiger partial charge in [-0.1, -0.05) is 12.1 Å². The predicted octanol–water partition coefficient (Wildman–Crippen LogP) is 2.36. The molecule has 2 rings (SSSR count). The Morgan fingerprint density at radius 2 is 2.14 bits per heavy atom. The van der Waals surface area contributed by atoms with Gasteiger partial charge >= 0.3 is 0 Å². The fourth-order valence-corrected chi connectivity index (χ4v) is 2.06. The second kappa shape index (κ2) is 7.36. The zero-order valence-electron chi connectivity index (χ0n) is 11.5. The van der Waals surface area contributed by atoms with E-state index >= 15 is 0 Å². The van der Waals surface area contributed by atoms with Crippen LogP contribution in [0.2, 0.25) is 0 Å². The van der Waals surface area contributed by atoms with Crippen molar-refractivity contribution in [1.29, 1.82) is 5.26 Å². The first-order valence-electron chi connectivity index (χ1n) is 6.68. The molecule has 2 aromatic rings. The molecule has 0 aliphatic carbocycles. The maximum Gasteiger partial charge on any atom is 0.143 e. The Morgan fingerprint density at radius 3 is 2.81 bits per heavy atom. The van der Waals surface area contributed by atoms with Gasteiger partial charge in [0, 0.05) is 31.0 Å². The zero-order chi connectivity index (χ0) is 15.1. The molecule has 4 nitrogen and oxygen atoms in total. The molecule has 0 aliphatic rings. The molecular weight excluding hydrogens is 269 g/mol. The number of pyridine rings is 1. The van der Waals surface area contributed by atoms with Crippen molar-refractivity contribution in [3.05, 3.63) is 59.7 Å². The molecule has 0 amide bonds. The van der Waals surface area contributed by atoms with Gasteiger partial charge in [0.25, 0.3) is 0 Å². The number of hydrogen-bond acceptors (Lipinski definition) is 4. The third-order valence-corrected chi connectivity index (χ3v) is 3.19. The molecule has 0 saturated carbocycles. The van der Waals surface area contributed by atoms with Gasteiger partial charge in [-0.2, -0.15) is 5.26 Å². The molecule has 1 atom stereocenters. The fourth-order valence-electron chi connectivity index (χ4n) is 2.06. The number of aliphatic hydroxyl groups excluding tert-OH is 1. The number of benzene rings is 1. The number of anilines is 1. The van der Waals surface area contributed by atoms with Crippen LogP contribution in [0.5, 0.6) is 0 Å². The molecule has 1 heterocycles. The Bertz CT molecular complexity index is 625. The third-order valence-electron chi connectivity index (χ3n) is 3.19. The highest BCUT2D eigenvalue weighted by molar-refractivity contribution is 5.57. The molecule has 0 radical (unpaired) electrons. The first-order chi connectivity index (χ1) is 10.2. The van der Waals surface area contributed by atoms with E-state index in [2.05, 4.69) is 10.3 Å². The summed E-state index contributed by atoms with van der Waals surface area (Å²) in [7, 11) is 0. The second-order valence-corrected chi connectivity index (χ2v) is 4.73. The van der Waals surface area contributed by atoms with Crippen molar-refractivity contribution in [3.63, 3.8) is 0 Å². The highest BCUT2D eigenvalue weighted by atomic mass is 19.1. The van der Waals surface area contributed by atoms with Gasteiger partial charge in [0.1, 0.15) is 17.4 Å². The van der Waals surface area contributed by atoms with E-state index in [1.807, 2.05) is 24.3 Å². The van der Waals surface area contributed by atoms with E-state index in [9.17, 15) is 9.50 Å². The van der Waals surface area contributed by atoms with E-state index in [1.165, 1.54) is 6.07 Å². The standard InChI is InChI=1S/C16H16FN3O/c17-15-5-3-6-16(14(15)9-18)20-10-12(11-21)8-13-4-1-2-7-19-13/h1-7,12,20-21H,8,10-11H2. The Balaban J connectivity index is 2.01. The summed E-state index contributed by atoms with van der Waals surface area (Å²) in [6, 6.07) is 11.9. The van der Waals surface area contributed by atoms with Crippen molar-refractivity contribution in [1.82, 2.24) is 4.98 Å². The minimum absolute atomic E-state index is 0.00738. The molecule has 5 heteroatoms. The van der Waals surface area contributed by atoms with Gasteiger partial charge in [0.05, 0.1) is 5.69 Å². The summed E-state index contributed by atoms with van der Waals surface area (Å²) < 4.78 is 13.5. The van der Waals surface area contributed by atoms with Crippen molar-refractivity contribution < 1.29 is 9.50 Å². The van der Waals surface area contributed by atoms with Crippen LogP contribution in [0.1, 0.15) is 11.3 Å². The SMILES string of the molecule is N#Cc1c(F)cccc1NCC(CO)Cc1ccccn1. The molecule has 1 aromatic carbocycles. The average Bonchev–Trinajstić information content (AvgIpc) is 2.52. The van der Waals surface area contributed by atoms with Gasteiger partial charge in [0.2, 0.25) is 0 Å². The lowest BCUT2D eigenvalue weighted by atomic mass is 10.0. The molecule has 0 aliphatic heterocycles. The number of aromatic nitrogens is 1. The summed E-state index contributed by atoms with van der Waals surface area (Å²) >= 11 is 0. The Labute approximate surface area is 122 Å². The lowest BCUT2D eigenvalue weighted by Crippen LogP contribution is -2.21. The van der Waals surface area contributed by atoms with Crippen LogP contribution >= 0.6 is 0 Å². The van der Waals surface area contributed by atoms with Gasteiger partial charge in [-0.25, -0.2) is 4.39 Å². The number of nitrogens with one attached hydrogen (secondary N) is 1. The van der Waals surface area contributed by atoms with E-state index in [0.29, 0.717) is 18.7 Å². The first-order valence-corrected chi connectivity index (χ1v) is 6.68. The highest BCUT2D eigenvalue weighted by Crippen LogP contribution is 2.18. The fraction of sp³-hybridized carbons (Fsp3) is 0.250. The number of aliphatic hydroxyl groups is 1. The maximum absolute atomic E-state index is 13.5. The molecule has 0 spiro atoms. The number of nitrogens with zero attached hydrogens (tertiary/aromatic N) is 2. The van der Waals surface area contributed by atoms with E-state index < -0.39 is 5.82 Å². The van der Waals surface area contributed by atoms with Gasteiger partial charge in [-0.05, 0) is 30.7 Å². The molecule has 21 heavy (non-hydrogen) atoms. The topological polar surface area (TPSA) is 68.9 Å². The van der Waals surface area contributed by atoms with Crippen molar-refractivity contribution in [2.45, 2.75) is 6.42 Å². The Morgan fingerprint density at radius 1 is 1.29 bits per heavy atom. The van der Waals surface area contributed by atoms with E-state index in [-0.39, 0.29) is 18.1 Å². The highest BCUT2D eigenvalue weighted by Gasteiger charge is 2.12. The minimum atomic E-state index is -0.548. The normalized spacial score (nSPS) is 11.7. The van der Waals surface area contributed by atoms with Crippen LogP contribution in [0.4, 0.5) is 10.1 Å². The van der Waals surface area contributed by atoms with Crippen molar-refractivity contribution in [3.8, 4) is 6.07 Å². The van der Waals surface area contributed by atoms with Crippen molar-refractivity contribution in [2.75, 3.05) is 18.5 Å². The summed E-state index contributed by atoms with van der Waals surface area (Å²) in [5.74, 6) is -0.609. The Kier molecular flexibility index (Phi) is 5.24. The number of halogens is 1. The van der Waals surface area contributed by atoms with Gasteiger partial charge in [-0.3, -0.25) is 4.98 Å². The lowest BCUT2D eigenvalue weighted by molar-refractivity contribution is 0.232. The van der Waals surface area contributed by atoms with Gasteiger partial charge in [0.15, 0.2) is 0 Å². The predicted molar refractivity (Wildman–Crippen MR) is 78.1 cm³/mol. The van der Waals surface area contributed by atoms with Gasteiger partial charge in [-0.15, -0.1) is 0 Å². The molecule has 1 aromatic heterocycles. The minimum Gasteiger partial charge on any atom is -0.396 e. The van der Waals surface area contributed by atoms with Crippen LogP contribution in [-0.4, -0.2) is 23.2 Å². The van der Waals surface area contributed by atoms with E-state index in [4.69, 9.17) is 5.26 Å². The van der Waals surface area contributed by atoms with Crippen molar-refractivity contribution >= 4 is 5.69 Å². The molecular formula is C16H16FN3O. The van der Waals surface area contributed by atoms with Crippen LogP contribution in [0.3, 0.4) is 0 Å². The van der Waals surface area contributed by atoms with E-state index in [0.717, 1.165) is 5.69 Å². The lowest BCUT2D eigenvalue weighted by Gasteiger charge is -2.16. The largest absolute Gasteiger partial charge is 0.396 e. The smallest absolute Gasteiger partial charge is 0.143 e. The van der Waals surface area contributed by atoms with Gasteiger partial charge < -0.3 is 10.4 Å². The monoisotopic (exact) mass is 285 g/mol. The van der Waals surface area contributed by atoms with Crippen LogP contribution in [0.25, 0.3) is 0 Å². The van der Waals surface area contributed by atoms with Crippen molar-refractivity contribution in [2.24, 2.45) is 5.92 Å². The molecule has 2 N–H and O–H groups in total. The maximum atomic E-state index is 13.5. The summed E-state index contributed by atoms with van der Waals surface area (Å²) in [5, 5.41) is 21.4. The average molecular weight is 285 g/mol. The second-order valence-electron chi connectivity index (χ2n) is 4.73. The van der Waals surface area contributed by atoms with Crippen LogP contribution in [0.15, 0.2) is 42.6 Å². The summed E-state index contributed by atoms with van der Waals surface area (Å²) in [6.07, 6.45) is 2.32. The summed E-state index contributed by atoms with van der Waals surface area (Å²) in [5.41, 5.74) is 1.32. The Hall–Kier alpha value is -2.45. The van der Waals surface area contributed by atoms with Crippen LogP contribution in [0, 0.1) is 23.1 Å². The molecule has 0 fully saturated rings. The molecule has 0 saturated heterocycles. The van der Waals surface area contributed by atoms with E-state index in [1.54, 1.807) is 18.3 Å². The summed E-state index contributed by atoms with van der Waals surface area (Å²) in [4.78, 5) is 4.22. The van der Waals surface area contributed by atoms with Crippen LogP contribution < -0.4 is 5.32 Å². The molecule has 1 unspecified atom stereocenters.